The van der Waals surface area contributed by atoms with Gasteiger partial charge in [-0.2, -0.15) is 0 Å². The van der Waals surface area contributed by atoms with E-state index in [1.807, 2.05) is 12.1 Å². The van der Waals surface area contributed by atoms with Gasteiger partial charge in [-0.25, -0.2) is 0 Å². The third-order valence-corrected chi connectivity index (χ3v) is 4.63. The van der Waals surface area contributed by atoms with Crippen LogP contribution >= 0.6 is 0 Å². The molecule has 0 radical (unpaired) electrons. The molecule has 0 saturated heterocycles. The van der Waals surface area contributed by atoms with E-state index in [0.29, 0.717) is 23.0 Å². The van der Waals surface area contributed by atoms with Crippen LogP contribution in [0.1, 0.15) is 44.1 Å². The second kappa shape index (κ2) is 6.30. The van der Waals surface area contributed by atoms with Crippen LogP contribution in [0, 0.1) is 5.92 Å². The molecule has 2 aromatic carbocycles. The topological polar surface area (TPSA) is 61.3 Å². The van der Waals surface area contributed by atoms with Crippen molar-refractivity contribution >= 4 is 11.4 Å². The molecule has 1 fully saturated rings. The fraction of sp³-hybridized carbons (Fsp3) is 0.368. The number of anilines is 2. The van der Waals surface area contributed by atoms with Gasteiger partial charge in [0.1, 0.15) is 11.5 Å². The molecule has 3 rings (SSSR count). The molecular formula is C19H24N2O. The summed E-state index contributed by atoms with van der Waals surface area (Å²) in [5.41, 5.74) is 14.2. The van der Waals surface area contributed by atoms with Gasteiger partial charge in [0.25, 0.3) is 0 Å². The second-order valence-corrected chi connectivity index (χ2v) is 6.43. The van der Waals surface area contributed by atoms with Gasteiger partial charge in [-0.3, -0.25) is 0 Å². The van der Waals surface area contributed by atoms with Gasteiger partial charge in [-0.15, -0.1) is 0 Å². The number of ether oxygens (including phenoxy) is 1. The number of nitrogens with two attached hydrogens (primary N) is 2. The van der Waals surface area contributed by atoms with E-state index >= 15 is 0 Å². The Bertz CT molecular complexity index is 628. The summed E-state index contributed by atoms with van der Waals surface area (Å²) in [5, 5.41) is 0. The van der Waals surface area contributed by atoms with Crippen molar-refractivity contribution < 1.29 is 4.74 Å². The molecule has 1 saturated carbocycles. The number of benzene rings is 2. The summed E-state index contributed by atoms with van der Waals surface area (Å²) in [7, 11) is 0. The van der Waals surface area contributed by atoms with Gasteiger partial charge in [-0.05, 0) is 60.6 Å². The van der Waals surface area contributed by atoms with Crippen LogP contribution in [-0.2, 0) is 0 Å². The zero-order valence-corrected chi connectivity index (χ0v) is 13.1. The molecule has 0 atom stereocenters. The van der Waals surface area contributed by atoms with Crippen LogP contribution in [-0.4, -0.2) is 0 Å². The van der Waals surface area contributed by atoms with Gasteiger partial charge in [0.2, 0.25) is 0 Å². The van der Waals surface area contributed by atoms with E-state index in [1.54, 1.807) is 18.2 Å². The van der Waals surface area contributed by atoms with E-state index in [-0.39, 0.29) is 0 Å². The molecule has 2 aromatic rings. The summed E-state index contributed by atoms with van der Waals surface area (Å²) in [4.78, 5) is 0. The van der Waals surface area contributed by atoms with Crippen LogP contribution in [0.2, 0.25) is 0 Å². The highest BCUT2D eigenvalue weighted by Crippen LogP contribution is 2.36. The summed E-state index contributed by atoms with van der Waals surface area (Å²) in [6, 6.07) is 13.7. The first kappa shape index (κ1) is 14.8. The lowest BCUT2D eigenvalue weighted by molar-refractivity contribution is 0.348. The van der Waals surface area contributed by atoms with Crippen molar-refractivity contribution in [2.45, 2.75) is 38.5 Å². The van der Waals surface area contributed by atoms with Crippen molar-refractivity contribution in [3.63, 3.8) is 0 Å². The minimum absolute atomic E-state index is 0.561. The van der Waals surface area contributed by atoms with Crippen molar-refractivity contribution in [2.24, 2.45) is 5.92 Å². The molecule has 0 bridgehead atoms. The van der Waals surface area contributed by atoms with Crippen molar-refractivity contribution in [3.05, 3.63) is 48.0 Å². The molecule has 0 heterocycles. The average molecular weight is 296 g/mol. The Kier molecular flexibility index (Phi) is 4.23. The third kappa shape index (κ3) is 3.35. The lowest BCUT2D eigenvalue weighted by atomic mass is 9.79. The monoisotopic (exact) mass is 296 g/mol. The van der Waals surface area contributed by atoms with Crippen LogP contribution in [0.25, 0.3) is 0 Å². The predicted octanol–water partition coefficient (Wildman–Crippen LogP) is 4.94. The largest absolute Gasteiger partial charge is 0.455 e. The molecule has 0 unspecified atom stereocenters. The van der Waals surface area contributed by atoms with Crippen molar-refractivity contribution in [1.29, 1.82) is 0 Å². The highest BCUT2D eigenvalue weighted by molar-refractivity contribution is 5.61. The normalized spacial score (nSPS) is 21.5. The average Bonchev–Trinajstić information content (AvgIpc) is 2.52. The molecule has 0 amide bonds. The summed E-state index contributed by atoms with van der Waals surface area (Å²) in [6.07, 6.45) is 5.27. The minimum atomic E-state index is 0.561. The first-order valence-electron chi connectivity index (χ1n) is 8.04. The summed E-state index contributed by atoms with van der Waals surface area (Å²) in [6.45, 7) is 2.35. The lowest BCUT2D eigenvalue weighted by Crippen LogP contribution is -2.10. The fourth-order valence-corrected chi connectivity index (χ4v) is 3.19. The molecule has 1 aliphatic rings. The highest BCUT2D eigenvalue weighted by Gasteiger charge is 2.19. The molecule has 3 nitrogen and oxygen atoms in total. The summed E-state index contributed by atoms with van der Waals surface area (Å²) < 4.78 is 5.84. The molecule has 1 aliphatic carbocycles. The maximum Gasteiger partial charge on any atom is 0.150 e. The molecule has 4 N–H and O–H groups in total. The van der Waals surface area contributed by atoms with E-state index < -0.39 is 0 Å². The first-order chi connectivity index (χ1) is 10.6. The maximum absolute atomic E-state index is 5.92. The molecule has 22 heavy (non-hydrogen) atoms. The quantitative estimate of drug-likeness (QED) is 0.789. The number of hydrogen-bond acceptors (Lipinski definition) is 3. The highest BCUT2D eigenvalue weighted by atomic mass is 16.5. The van der Waals surface area contributed by atoms with Crippen LogP contribution in [0.5, 0.6) is 11.5 Å². The number of nitrogen functional groups attached to an aromatic ring is 2. The van der Waals surface area contributed by atoms with Gasteiger partial charge < -0.3 is 16.2 Å². The minimum Gasteiger partial charge on any atom is -0.455 e. The van der Waals surface area contributed by atoms with Gasteiger partial charge in [0, 0.05) is 5.69 Å². The summed E-state index contributed by atoms with van der Waals surface area (Å²) >= 11 is 0. The maximum atomic E-state index is 5.92. The smallest absolute Gasteiger partial charge is 0.150 e. The van der Waals surface area contributed by atoms with Crippen LogP contribution in [0.3, 0.4) is 0 Å². The molecule has 3 heteroatoms. The number of hydrogen-bond donors (Lipinski definition) is 2. The molecule has 0 aromatic heterocycles. The molecule has 0 spiro atoms. The Morgan fingerprint density at radius 2 is 1.59 bits per heavy atom. The Hall–Kier alpha value is -2.16. The standard InChI is InChI=1S/C19H24N2O/c1-13-2-4-14(5-3-13)15-6-9-17(10-7-15)22-19-11-8-16(20)12-18(19)21/h6-14H,2-5,20-21H2,1H3. The zero-order valence-electron chi connectivity index (χ0n) is 13.1. The summed E-state index contributed by atoms with van der Waals surface area (Å²) in [5.74, 6) is 3.04. The van der Waals surface area contributed by atoms with Crippen molar-refractivity contribution in [1.82, 2.24) is 0 Å². The van der Waals surface area contributed by atoms with E-state index in [2.05, 4.69) is 19.1 Å². The van der Waals surface area contributed by atoms with E-state index in [9.17, 15) is 0 Å². The van der Waals surface area contributed by atoms with Crippen molar-refractivity contribution in [3.8, 4) is 11.5 Å². The Labute approximate surface area is 132 Å². The fourth-order valence-electron chi connectivity index (χ4n) is 3.19. The predicted molar refractivity (Wildman–Crippen MR) is 92.2 cm³/mol. The zero-order chi connectivity index (χ0) is 15.5. The SMILES string of the molecule is CC1CCC(c2ccc(Oc3ccc(N)cc3N)cc2)CC1. The van der Waals surface area contributed by atoms with Gasteiger partial charge >= 0.3 is 0 Å². The van der Waals surface area contributed by atoms with E-state index in [0.717, 1.165) is 11.7 Å². The van der Waals surface area contributed by atoms with E-state index in [4.69, 9.17) is 16.2 Å². The second-order valence-electron chi connectivity index (χ2n) is 6.43. The van der Waals surface area contributed by atoms with Gasteiger partial charge in [-0.1, -0.05) is 31.9 Å². The van der Waals surface area contributed by atoms with Crippen LogP contribution in [0.15, 0.2) is 42.5 Å². The third-order valence-electron chi connectivity index (χ3n) is 4.63. The van der Waals surface area contributed by atoms with Crippen molar-refractivity contribution in [2.75, 3.05) is 11.5 Å². The first-order valence-corrected chi connectivity index (χ1v) is 8.04. The molecule has 116 valence electrons. The molecular weight excluding hydrogens is 272 g/mol. The van der Waals surface area contributed by atoms with E-state index in [1.165, 1.54) is 31.2 Å². The molecule has 0 aliphatic heterocycles. The Balaban J connectivity index is 1.69. The lowest BCUT2D eigenvalue weighted by Gasteiger charge is -2.26. The van der Waals surface area contributed by atoms with Gasteiger partial charge in [0.05, 0.1) is 5.69 Å². The Morgan fingerprint density at radius 1 is 0.909 bits per heavy atom. The van der Waals surface area contributed by atoms with Gasteiger partial charge in [0.15, 0.2) is 0 Å². The van der Waals surface area contributed by atoms with Crippen LogP contribution < -0.4 is 16.2 Å². The van der Waals surface area contributed by atoms with Crippen LogP contribution in [0.4, 0.5) is 11.4 Å². The Morgan fingerprint density at radius 3 is 2.23 bits per heavy atom. The number of rotatable bonds is 3.